The highest BCUT2D eigenvalue weighted by molar-refractivity contribution is 5.95. The number of nitro groups is 2. The second kappa shape index (κ2) is 7.53. The molecule has 0 heterocycles. The zero-order valence-corrected chi connectivity index (χ0v) is 10.8. The number of carbonyl (C=O) groups is 2. The molecule has 0 saturated heterocycles. The summed E-state index contributed by atoms with van der Waals surface area (Å²) < 4.78 is 0. The lowest BCUT2D eigenvalue weighted by atomic mass is 10.1. The summed E-state index contributed by atoms with van der Waals surface area (Å²) in [5, 5.41) is 26.2. The van der Waals surface area contributed by atoms with Gasteiger partial charge < -0.3 is 10.6 Å². The van der Waals surface area contributed by atoms with E-state index in [4.69, 9.17) is 0 Å². The Hall–Kier alpha value is -3.04. The number of hydrogen-bond donors (Lipinski definition) is 2. The Morgan fingerprint density at radius 1 is 1.10 bits per heavy atom. The second-order valence-electron chi connectivity index (χ2n) is 3.93. The van der Waals surface area contributed by atoms with Crippen molar-refractivity contribution in [3.63, 3.8) is 0 Å². The fourth-order valence-corrected chi connectivity index (χ4v) is 1.49. The molecular weight excluding hydrogens is 284 g/mol. The Kier molecular flexibility index (Phi) is 5.74. The van der Waals surface area contributed by atoms with Crippen molar-refractivity contribution in [2.24, 2.45) is 0 Å². The van der Waals surface area contributed by atoms with E-state index < -0.39 is 27.1 Å². The Labute approximate surface area is 118 Å². The smallest absolute Gasteiger partial charge is 0.277 e. The number of rotatable bonds is 8. The molecule has 0 fully saturated rings. The van der Waals surface area contributed by atoms with Crippen molar-refractivity contribution >= 4 is 23.7 Å². The van der Waals surface area contributed by atoms with Gasteiger partial charge in [0.25, 0.3) is 17.3 Å². The van der Waals surface area contributed by atoms with Crippen LogP contribution >= 0.6 is 0 Å². The highest BCUT2D eigenvalue weighted by atomic mass is 16.6. The van der Waals surface area contributed by atoms with Gasteiger partial charge in [0.05, 0.1) is 21.5 Å². The topological polar surface area (TPSA) is 144 Å². The second-order valence-corrected chi connectivity index (χ2v) is 3.93. The van der Waals surface area contributed by atoms with E-state index in [-0.39, 0.29) is 12.1 Å². The van der Waals surface area contributed by atoms with E-state index in [1.165, 1.54) is 0 Å². The number of benzene rings is 1. The summed E-state index contributed by atoms with van der Waals surface area (Å²) >= 11 is 0. The molecule has 1 rings (SSSR count). The van der Waals surface area contributed by atoms with Crippen LogP contribution in [0.3, 0.4) is 0 Å². The van der Waals surface area contributed by atoms with Crippen LogP contribution in [-0.4, -0.2) is 35.3 Å². The predicted octanol–water partition coefficient (Wildman–Crippen LogP) is 0.369. The molecule has 2 N–H and O–H groups in total. The molecule has 0 aliphatic carbocycles. The summed E-state index contributed by atoms with van der Waals surface area (Å²) in [6.07, 6.45) is 0.979. The van der Waals surface area contributed by atoms with Crippen LogP contribution in [0.25, 0.3) is 0 Å². The average molecular weight is 296 g/mol. The number of amides is 2. The number of carbonyl (C=O) groups excluding carboxylic acids is 2. The quantitative estimate of drug-likeness (QED) is 0.307. The van der Waals surface area contributed by atoms with Crippen LogP contribution in [-0.2, 0) is 4.79 Å². The van der Waals surface area contributed by atoms with Crippen LogP contribution in [0.2, 0.25) is 0 Å². The van der Waals surface area contributed by atoms with Gasteiger partial charge in [-0.05, 0) is 6.42 Å². The van der Waals surface area contributed by atoms with Gasteiger partial charge in [0.2, 0.25) is 6.41 Å². The molecule has 0 atom stereocenters. The first-order valence-corrected chi connectivity index (χ1v) is 5.85. The van der Waals surface area contributed by atoms with Gasteiger partial charge >= 0.3 is 0 Å². The number of nitro benzene ring substituents is 2. The van der Waals surface area contributed by atoms with E-state index in [0.29, 0.717) is 19.4 Å². The normalized spacial score (nSPS) is 9.71. The van der Waals surface area contributed by atoms with Gasteiger partial charge in [0, 0.05) is 25.2 Å². The minimum atomic E-state index is -0.808. The van der Waals surface area contributed by atoms with Crippen molar-refractivity contribution in [1.29, 1.82) is 0 Å². The van der Waals surface area contributed by atoms with Crippen molar-refractivity contribution in [2.45, 2.75) is 6.42 Å². The Morgan fingerprint density at radius 3 is 2.14 bits per heavy atom. The molecule has 0 spiro atoms. The Morgan fingerprint density at radius 2 is 1.67 bits per heavy atom. The van der Waals surface area contributed by atoms with Gasteiger partial charge in [-0.2, -0.15) is 0 Å². The average Bonchev–Trinajstić information content (AvgIpc) is 2.46. The lowest BCUT2D eigenvalue weighted by Gasteiger charge is -2.05. The summed E-state index contributed by atoms with van der Waals surface area (Å²) in [5.41, 5.74) is -1.23. The third-order valence-electron chi connectivity index (χ3n) is 2.45. The molecule has 10 nitrogen and oxygen atoms in total. The van der Waals surface area contributed by atoms with Crippen molar-refractivity contribution in [3.05, 3.63) is 44.0 Å². The summed E-state index contributed by atoms with van der Waals surface area (Å²) in [6.45, 7) is 0.578. The van der Waals surface area contributed by atoms with Crippen molar-refractivity contribution in [2.75, 3.05) is 13.1 Å². The fourth-order valence-electron chi connectivity index (χ4n) is 1.49. The first-order chi connectivity index (χ1) is 9.95. The molecule has 1 aromatic carbocycles. The maximum absolute atomic E-state index is 11.8. The first kappa shape index (κ1) is 16.0. The molecule has 0 unspecified atom stereocenters. The highest BCUT2D eigenvalue weighted by Gasteiger charge is 2.19. The molecule has 0 bridgehead atoms. The fraction of sp³-hybridized carbons (Fsp3) is 0.273. The standard InChI is InChI=1S/C11H12N4O6/c16-7-12-2-1-3-13-11(17)8-4-9(14(18)19)6-10(5-8)15(20)21/h4-7H,1-3H2,(H,12,16)(H,13,17). The summed E-state index contributed by atoms with van der Waals surface area (Å²) in [6, 6.07) is 2.71. The van der Waals surface area contributed by atoms with E-state index in [9.17, 15) is 29.8 Å². The van der Waals surface area contributed by atoms with E-state index >= 15 is 0 Å². The molecule has 0 aromatic heterocycles. The maximum Gasteiger partial charge on any atom is 0.277 e. The van der Waals surface area contributed by atoms with E-state index in [0.717, 1.165) is 18.2 Å². The van der Waals surface area contributed by atoms with Crippen LogP contribution in [0.4, 0.5) is 11.4 Å². The molecule has 0 radical (unpaired) electrons. The van der Waals surface area contributed by atoms with Crippen molar-refractivity contribution < 1.29 is 19.4 Å². The summed E-state index contributed by atoms with van der Waals surface area (Å²) in [7, 11) is 0. The van der Waals surface area contributed by atoms with E-state index in [1.807, 2.05) is 0 Å². The minimum absolute atomic E-state index is 0.167. The lowest BCUT2D eigenvalue weighted by molar-refractivity contribution is -0.394. The van der Waals surface area contributed by atoms with Crippen LogP contribution in [0, 0.1) is 20.2 Å². The predicted molar refractivity (Wildman–Crippen MR) is 70.8 cm³/mol. The number of hydrogen-bond acceptors (Lipinski definition) is 6. The molecule has 0 aliphatic rings. The van der Waals surface area contributed by atoms with Crippen LogP contribution in [0.15, 0.2) is 18.2 Å². The molecule has 10 heteroatoms. The van der Waals surface area contributed by atoms with Gasteiger partial charge in [-0.25, -0.2) is 0 Å². The molecular formula is C11H12N4O6. The largest absolute Gasteiger partial charge is 0.359 e. The van der Waals surface area contributed by atoms with E-state index in [2.05, 4.69) is 10.6 Å². The maximum atomic E-state index is 11.8. The SMILES string of the molecule is O=CNCCCNC(=O)c1cc([N+](=O)[O-])cc([N+](=O)[O-])c1. The van der Waals surface area contributed by atoms with Crippen LogP contribution in [0.5, 0.6) is 0 Å². The molecule has 0 saturated carbocycles. The molecule has 1 aromatic rings. The number of nitrogens with zero attached hydrogens (tertiary/aromatic N) is 2. The zero-order valence-electron chi connectivity index (χ0n) is 10.8. The van der Waals surface area contributed by atoms with Crippen LogP contribution in [0.1, 0.15) is 16.8 Å². The minimum Gasteiger partial charge on any atom is -0.359 e. The van der Waals surface area contributed by atoms with Crippen molar-refractivity contribution in [3.8, 4) is 0 Å². The van der Waals surface area contributed by atoms with Gasteiger partial charge in [-0.15, -0.1) is 0 Å². The van der Waals surface area contributed by atoms with Crippen LogP contribution < -0.4 is 10.6 Å². The van der Waals surface area contributed by atoms with Crippen molar-refractivity contribution in [1.82, 2.24) is 10.6 Å². The zero-order chi connectivity index (χ0) is 15.8. The summed E-state index contributed by atoms with van der Waals surface area (Å²) in [4.78, 5) is 41.6. The van der Waals surface area contributed by atoms with E-state index in [1.54, 1.807) is 0 Å². The molecule has 0 aliphatic heterocycles. The lowest BCUT2D eigenvalue weighted by Crippen LogP contribution is -2.27. The number of non-ortho nitro benzene ring substituents is 2. The highest BCUT2D eigenvalue weighted by Crippen LogP contribution is 2.22. The Balaban J connectivity index is 2.80. The first-order valence-electron chi connectivity index (χ1n) is 5.85. The van der Waals surface area contributed by atoms with Gasteiger partial charge in [0.15, 0.2) is 0 Å². The molecule has 2 amide bonds. The third kappa shape index (κ3) is 4.86. The van der Waals surface area contributed by atoms with Gasteiger partial charge in [-0.1, -0.05) is 0 Å². The summed E-state index contributed by atoms with van der Waals surface area (Å²) in [5.74, 6) is -0.659. The molecule has 21 heavy (non-hydrogen) atoms. The monoisotopic (exact) mass is 296 g/mol. The van der Waals surface area contributed by atoms with Gasteiger partial charge in [0.1, 0.15) is 0 Å². The number of nitrogens with one attached hydrogen (secondary N) is 2. The molecule has 112 valence electrons. The van der Waals surface area contributed by atoms with Gasteiger partial charge in [-0.3, -0.25) is 29.8 Å². The third-order valence-corrected chi connectivity index (χ3v) is 2.45. The Bertz CT molecular complexity index is 542.